The summed E-state index contributed by atoms with van der Waals surface area (Å²) in [4.78, 5) is 0. The van der Waals surface area contributed by atoms with Gasteiger partial charge >= 0.3 is 0 Å². The van der Waals surface area contributed by atoms with Crippen molar-refractivity contribution in [3.8, 4) is 12.1 Å². The van der Waals surface area contributed by atoms with Crippen LogP contribution in [0.25, 0.3) is 0 Å². The third kappa shape index (κ3) is 4.64. The van der Waals surface area contributed by atoms with Crippen LogP contribution in [0.2, 0.25) is 0 Å². The van der Waals surface area contributed by atoms with Gasteiger partial charge in [0.1, 0.15) is 6.10 Å². The van der Waals surface area contributed by atoms with Crippen molar-refractivity contribution in [2.24, 2.45) is 0 Å². The average molecular weight is 170 g/mol. The van der Waals surface area contributed by atoms with E-state index in [0.717, 1.165) is 0 Å². The largest absolute Gasteiger partial charge is 0.394 e. The lowest BCUT2D eigenvalue weighted by Gasteiger charge is -2.09. The summed E-state index contributed by atoms with van der Waals surface area (Å²) in [7, 11) is 0. The minimum Gasteiger partial charge on any atom is -0.394 e. The summed E-state index contributed by atoms with van der Waals surface area (Å²) in [6.07, 6.45) is -1.84. The van der Waals surface area contributed by atoms with Crippen LogP contribution in [0.3, 0.4) is 0 Å². The van der Waals surface area contributed by atoms with E-state index in [4.69, 9.17) is 25.5 Å². The number of aliphatic hydroxyl groups is 2. The molecule has 0 aliphatic rings. The first kappa shape index (κ1) is 10.9. The zero-order valence-corrected chi connectivity index (χ0v) is 6.47. The van der Waals surface area contributed by atoms with E-state index >= 15 is 0 Å². The molecule has 2 unspecified atom stereocenters. The predicted octanol–water partition coefficient (Wildman–Crippen LogP) is -0.838. The molecule has 0 aliphatic carbocycles. The first-order valence-corrected chi connectivity index (χ1v) is 3.41. The number of nitriles is 2. The fourth-order valence-electron chi connectivity index (χ4n) is 0.505. The van der Waals surface area contributed by atoms with Gasteiger partial charge in [-0.05, 0) is 0 Å². The van der Waals surface area contributed by atoms with Crippen LogP contribution in [-0.2, 0) is 4.74 Å². The van der Waals surface area contributed by atoms with E-state index in [1.165, 1.54) is 0 Å². The molecule has 0 aromatic heterocycles. The molecule has 0 rings (SSSR count). The van der Waals surface area contributed by atoms with E-state index in [-0.39, 0.29) is 13.0 Å². The van der Waals surface area contributed by atoms with Crippen molar-refractivity contribution in [2.45, 2.75) is 18.6 Å². The van der Waals surface area contributed by atoms with Gasteiger partial charge in [0.25, 0.3) is 0 Å². The van der Waals surface area contributed by atoms with E-state index in [0.29, 0.717) is 0 Å². The molecule has 0 amide bonds. The molecular weight excluding hydrogens is 160 g/mol. The third-order valence-corrected chi connectivity index (χ3v) is 1.12. The van der Waals surface area contributed by atoms with Gasteiger partial charge in [-0.1, -0.05) is 0 Å². The van der Waals surface area contributed by atoms with Crippen molar-refractivity contribution < 1.29 is 14.9 Å². The fraction of sp³-hybridized carbons (Fsp3) is 0.714. The van der Waals surface area contributed by atoms with Crippen molar-refractivity contribution in [1.82, 2.24) is 0 Å². The van der Waals surface area contributed by atoms with Gasteiger partial charge in [0.15, 0.2) is 6.10 Å². The van der Waals surface area contributed by atoms with Crippen molar-refractivity contribution in [1.29, 1.82) is 10.5 Å². The molecule has 0 aromatic rings. The highest BCUT2D eigenvalue weighted by molar-refractivity contribution is 4.91. The van der Waals surface area contributed by atoms with Crippen LogP contribution in [0.5, 0.6) is 0 Å². The van der Waals surface area contributed by atoms with Crippen LogP contribution in [0, 0.1) is 22.7 Å². The minimum atomic E-state index is -0.987. The van der Waals surface area contributed by atoms with Gasteiger partial charge in [-0.3, -0.25) is 0 Å². The molecule has 0 bridgehead atoms. The van der Waals surface area contributed by atoms with E-state index in [2.05, 4.69) is 0 Å². The molecular formula is C7H10N2O3. The molecule has 0 aromatic carbocycles. The summed E-state index contributed by atoms with van der Waals surface area (Å²) >= 11 is 0. The molecule has 0 saturated heterocycles. The summed E-state index contributed by atoms with van der Waals surface area (Å²) in [5.41, 5.74) is 0. The summed E-state index contributed by atoms with van der Waals surface area (Å²) in [5.74, 6) is 0. The Morgan fingerprint density at radius 3 is 2.50 bits per heavy atom. The minimum absolute atomic E-state index is 0.0331. The number of hydrogen-bond acceptors (Lipinski definition) is 5. The lowest BCUT2D eigenvalue weighted by Crippen LogP contribution is -2.23. The Morgan fingerprint density at radius 1 is 1.42 bits per heavy atom. The Hall–Kier alpha value is -1.14. The SMILES string of the molecule is N#CCC(C#N)OCC(O)CO. The second-order valence-corrected chi connectivity index (χ2v) is 2.15. The molecule has 5 heteroatoms. The molecule has 0 spiro atoms. The predicted molar refractivity (Wildman–Crippen MR) is 38.7 cm³/mol. The average Bonchev–Trinajstić information content (AvgIpc) is 2.11. The number of hydrogen-bond donors (Lipinski definition) is 2. The Bertz CT molecular complexity index is 194. The fourth-order valence-corrected chi connectivity index (χ4v) is 0.505. The Morgan fingerprint density at radius 2 is 2.08 bits per heavy atom. The quantitative estimate of drug-likeness (QED) is 0.560. The van der Waals surface area contributed by atoms with Crippen molar-refractivity contribution in [2.75, 3.05) is 13.2 Å². The van der Waals surface area contributed by atoms with Crippen LogP contribution in [-0.4, -0.2) is 35.6 Å². The smallest absolute Gasteiger partial charge is 0.157 e. The van der Waals surface area contributed by atoms with E-state index in [1.807, 2.05) is 0 Å². The monoisotopic (exact) mass is 170 g/mol. The third-order valence-electron chi connectivity index (χ3n) is 1.12. The second kappa shape index (κ2) is 6.56. The molecule has 2 N–H and O–H groups in total. The van der Waals surface area contributed by atoms with E-state index < -0.39 is 18.8 Å². The Labute approximate surface area is 70.4 Å². The normalized spacial score (nSPS) is 14.3. The molecule has 12 heavy (non-hydrogen) atoms. The van der Waals surface area contributed by atoms with Gasteiger partial charge in [-0.15, -0.1) is 0 Å². The van der Waals surface area contributed by atoms with Crippen LogP contribution in [0.4, 0.5) is 0 Å². The Kier molecular flexibility index (Phi) is 5.94. The number of aliphatic hydroxyl groups excluding tert-OH is 2. The lowest BCUT2D eigenvalue weighted by molar-refractivity contribution is -0.0103. The van der Waals surface area contributed by atoms with E-state index in [9.17, 15) is 0 Å². The standard InChI is InChI=1S/C7H10N2O3/c8-2-1-7(3-9)12-5-6(11)4-10/h6-7,10-11H,1,4-5H2. The molecule has 5 nitrogen and oxygen atoms in total. The van der Waals surface area contributed by atoms with Crippen molar-refractivity contribution >= 4 is 0 Å². The molecule has 66 valence electrons. The number of nitrogens with zero attached hydrogens (tertiary/aromatic N) is 2. The van der Waals surface area contributed by atoms with Gasteiger partial charge in [0.2, 0.25) is 0 Å². The lowest BCUT2D eigenvalue weighted by atomic mass is 10.3. The maximum atomic E-state index is 8.80. The first-order valence-electron chi connectivity index (χ1n) is 3.41. The highest BCUT2D eigenvalue weighted by Crippen LogP contribution is 1.96. The van der Waals surface area contributed by atoms with Gasteiger partial charge in [-0.25, -0.2) is 0 Å². The summed E-state index contributed by atoms with van der Waals surface area (Å²) in [6.45, 7) is -0.541. The maximum absolute atomic E-state index is 8.80. The molecule has 0 saturated carbocycles. The number of ether oxygens (including phenoxy) is 1. The van der Waals surface area contributed by atoms with E-state index in [1.54, 1.807) is 12.1 Å². The number of rotatable bonds is 5. The van der Waals surface area contributed by atoms with Crippen LogP contribution in [0.15, 0.2) is 0 Å². The summed E-state index contributed by atoms with van der Waals surface area (Å²) in [6, 6.07) is 3.51. The molecule has 0 radical (unpaired) electrons. The topological polar surface area (TPSA) is 97.3 Å². The molecule has 0 heterocycles. The van der Waals surface area contributed by atoms with Gasteiger partial charge in [-0.2, -0.15) is 10.5 Å². The highest BCUT2D eigenvalue weighted by Gasteiger charge is 2.09. The summed E-state index contributed by atoms with van der Waals surface area (Å²) in [5, 5.41) is 33.7. The Balaban J connectivity index is 3.61. The van der Waals surface area contributed by atoms with Gasteiger partial charge in [0, 0.05) is 0 Å². The zero-order chi connectivity index (χ0) is 9.40. The maximum Gasteiger partial charge on any atom is 0.157 e. The zero-order valence-electron chi connectivity index (χ0n) is 6.47. The summed E-state index contributed by atoms with van der Waals surface area (Å²) < 4.78 is 4.79. The van der Waals surface area contributed by atoms with Crippen LogP contribution < -0.4 is 0 Å². The van der Waals surface area contributed by atoms with Crippen LogP contribution in [0.1, 0.15) is 6.42 Å². The molecule has 0 aliphatic heterocycles. The van der Waals surface area contributed by atoms with Crippen LogP contribution >= 0.6 is 0 Å². The first-order chi connectivity index (χ1) is 5.74. The molecule has 2 atom stereocenters. The van der Waals surface area contributed by atoms with Crippen molar-refractivity contribution in [3.05, 3.63) is 0 Å². The molecule has 0 fully saturated rings. The highest BCUT2D eigenvalue weighted by atomic mass is 16.5. The van der Waals surface area contributed by atoms with Crippen molar-refractivity contribution in [3.63, 3.8) is 0 Å². The van der Waals surface area contributed by atoms with Gasteiger partial charge < -0.3 is 14.9 Å². The second-order valence-electron chi connectivity index (χ2n) is 2.15. The van der Waals surface area contributed by atoms with Gasteiger partial charge in [0.05, 0.1) is 31.8 Å².